The van der Waals surface area contributed by atoms with Gasteiger partial charge < -0.3 is 10.6 Å². The zero-order valence-corrected chi connectivity index (χ0v) is 19.1. The minimum Gasteiger partial charge on any atom is -0.368 e. The van der Waals surface area contributed by atoms with Crippen LogP contribution in [0, 0.1) is 13.8 Å². The van der Waals surface area contributed by atoms with Crippen molar-refractivity contribution in [2.45, 2.75) is 20.3 Å². The van der Waals surface area contributed by atoms with Crippen LogP contribution < -0.4 is 10.6 Å². The van der Waals surface area contributed by atoms with Crippen LogP contribution in [-0.4, -0.2) is 33.6 Å². The maximum atomic E-state index is 12.5. The smallest absolute Gasteiger partial charge is 0.251 e. The highest BCUT2D eigenvalue weighted by atomic mass is 79.9. The van der Waals surface area contributed by atoms with Gasteiger partial charge >= 0.3 is 0 Å². The van der Waals surface area contributed by atoms with E-state index in [0.717, 1.165) is 44.8 Å². The Kier molecular flexibility index (Phi) is 6.32. The number of nitrogens with zero attached hydrogens (tertiary/aromatic N) is 3. The topological polar surface area (TPSA) is 71.3 Å². The van der Waals surface area contributed by atoms with E-state index >= 15 is 0 Å². The van der Waals surface area contributed by atoms with Crippen molar-refractivity contribution in [1.82, 2.24) is 19.9 Å². The summed E-state index contributed by atoms with van der Waals surface area (Å²) >= 11 is 3.53. The average molecular weight is 478 g/mol. The Morgan fingerprint density at radius 3 is 2.71 bits per heavy atom. The summed E-state index contributed by atoms with van der Waals surface area (Å²) in [6.07, 6.45) is 12.8. The Morgan fingerprint density at radius 2 is 1.90 bits per heavy atom. The van der Waals surface area contributed by atoms with Crippen molar-refractivity contribution in [3.8, 4) is 0 Å². The van der Waals surface area contributed by atoms with E-state index in [9.17, 15) is 4.79 Å². The fourth-order valence-electron chi connectivity index (χ4n) is 3.57. The van der Waals surface area contributed by atoms with Gasteiger partial charge in [0.05, 0.1) is 16.4 Å². The molecule has 158 valence electrons. The highest BCUT2D eigenvalue weighted by molar-refractivity contribution is 9.10. The van der Waals surface area contributed by atoms with E-state index in [0.29, 0.717) is 18.7 Å². The summed E-state index contributed by atoms with van der Waals surface area (Å²) in [5.41, 5.74) is 5.62. The second-order valence-corrected chi connectivity index (χ2v) is 8.38. The number of nitrogens with one attached hydrogen (secondary N) is 2. The Bertz CT molecular complexity index is 1200. The van der Waals surface area contributed by atoms with E-state index in [2.05, 4.69) is 49.9 Å². The minimum atomic E-state index is -0.0711. The molecule has 0 saturated carbocycles. The molecule has 1 aromatic carbocycles. The number of hydrogen-bond acceptors (Lipinski definition) is 4. The van der Waals surface area contributed by atoms with Crippen molar-refractivity contribution < 1.29 is 4.79 Å². The molecule has 0 bridgehead atoms. The lowest BCUT2D eigenvalue weighted by atomic mass is 10.1. The molecular formula is C24H24BrN5O. The van der Waals surface area contributed by atoms with Crippen molar-refractivity contribution >= 4 is 38.9 Å². The highest BCUT2D eigenvalue weighted by Gasteiger charge is 2.13. The Balaban J connectivity index is 1.48. The van der Waals surface area contributed by atoms with Crippen LogP contribution in [-0.2, 0) is 0 Å². The van der Waals surface area contributed by atoms with E-state index < -0.39 is 0 Å². The number of rotatable bonds is 6. The summed E-state index contributed by atoms with van der Waals surface area (Å²) in [7, 11) is 0. The molecule has 2 heterocycles. The van der Waals surface area contributed by atoms with E-state index in [1.807, 2.05) is 50.3 Å². The molecule has 0 atom stereocenters. The molecule has 1 aliphatic carbocycles. The number of amides is 1. The van der Waals surface area contributed by atoms with Gasteiger partial charge in [0.2, 0.25) is 0 Å². The Morgan fingerprint density at radius 1 is 1.10 bits per heavy atom. The first kappa shape index (κ1) is 21.1. The summed E-state index contributed by atoms with van der Waals surface area (Å²) < 4.78 is 2.60. The molecule has 0 radical (unpaired) electrons. The molecule has 0 fully saturated rings. The van der Waals surface area contributed by atoms with Crippen molar-refractivity contribution in [2.24, 2.45) is 0 Å². The van der Waals surface area contributed by atoms with Crippen LogP contribution in [0.2, 0.25) is 0 Å². The minimum absolute atomic E-state index is 0.0711. The van der Waals surface area contributed by atoms with E-state index in [4.69, 9.17) is 4.98 Å². The predicted octanol–water partition coefficient (Wildman–Crippen LogP) is 4.85. The number of carbonyl (C=O) groups is 1. The maximum Gasteiger partial charge on any atom is 0.251 e. The van der Waals surface area contributed by atoms with Crippen molar-refractivity contribution in [3.05, 3.63) is 87.7 Å². The first-order valence-corrected chi connectivity index (χ1v) is 11.0. The lowest BCUT2D eigenvalue weighted by Gasteiger charge is -2.12. The van der Waals surface area contributed by atoms with E-state index in [1.54, 1.807) is 10.7 Å². The quantitative estimate of drug-likeness (QED) is 0.497. The number of benzene rings is 1. The number of anilines is 1. The highest BCUT2D eigenvalue weighted by Crippen LogP contribution is 2.26. The van der Waals surface area contributed by atoms with Crippen LogP contribution in [0.5, 0.6) is 0 Å². The van der Waals surface area contributed by atoms with E-state index in [-0.39, 0.29) is 5.91 Å². The summed E-state index contributed by atoms with van der Waals surface area (Å²) in [5.74, 6) is 0.752. The van der Waals surface area contributed by atoms with Gasteiger partial charge in [-0.05, 0) is 53.9 Å². The molecule has 0 unspecified atom stereocenters. The van der Waals surface area contributed by atoms with Gasteiger partial charge in [0, 0.05) is 24.7 Å². The molecule has 2 N–H and O–H groups in total. The standard InChI is InChI=1S/C24H24BrN5O/c1-16-11-17(2)13-19(12-16)24(31)27-10-9-26-22-14-21(18-7-5-3-4-6-8-18)29-23-20(25)15-28-30(22)23/h3-7,11-15,26H,8-10H2,1-2H3,(H,27,31). The molecule has 0 aliphatic heterocycles. The number of fused-ring (bicyclic) bond motifs is 1. The first-order valence-electron chi connectivity index (χ1n) is 10.2. The third-order valence-corrected chi connectivity index (χ3v) is 5.51. The van der Waals surface area contributed by atoms with Crippen LogP contribution in [0.1, 0.15) is 33.6 Å². The fraction of sp³-hybridized carbons (Fsp3) is 0.208. The van der Waals surface area contributed by atoms with Crippen molar-refractivity contribution in [3.63, 3.8) is 0 Å². The van der Waals surface area contributed by atoms with Gasteiger partial charge in [0.1, 0.15) is 5.82 Å². The Hall–Kier alpha value is -3.19. The normalized spacial score (nSPS) is 13.2. The number of aromatic nitrogens is 3. The average Bonchev–Trinajstić information content (AvgIpc) is 2.94. The fourth-order valence-corrected chi connectivity index (χ4v) is 3.92. The number of hydrogen-bond donors (Lipinski definition) is 2. The molecule has 3 aromatic rings. The summed E-state index contributed by atoms with van der Waals surface area (Å²) in [5, 5.41) is 10.8. The molecule has 0 spiro atoms. The number of carbonyl (C=O) groups excluding carboxylic acids is 1. The molecule has 6 nitrogen and oxygen atoms in total. The van der Waals surface area contributed by atoms with Gasteiger partial charge in [0.25, 0.3) is 5.91 Å². The third kappa shape index (κ3) is 4.94. The van der Waals surface area contributed by atoms with E-state index in [1.165, 1.54) is 0 Å². The summed E-state index contributed by atoms with van der Waals surface area (Å²) in [6.45, 7) is 5.04. The number of aryl methyl sites for hydroxylation is 2. The van der Waals surface area contributed by atoms with Gasteiger partial charge in [-0.15, -0.1) is 0 Å². The zero-order valence-electron chi connectivity index (χ0n) is 17.5. The van der Waals surface area contributed by atoms with Crippen molar-refractivity contribution in [1.29, 1.82) is 0 Å². The summed E-state index contributed by atoms with van der Waals surface area (Å²) in [6, 6.07) is 7.86. The number of allylic oxidation sites excluding steroid dienone is 6. The molecule has 0 saturated heterocycles. The lowest BCUT2D eigenvalue weighted by Crippen LogP contribution is -2.29. The molecule has 7 heteroatoms. The SMILES string of the molecule is Cc1cc(C)cc(C(=O)NCCNc2cc(C3=CC=CC=CC3)nc3c(Br)cnn23)c1. The second kappa shape index (κ2) is 9.31. The van der Waals surface area contributed by atoms with Gasteiger partial charge in [0.15, 0.2) is 5.65 Å². The largest absolute Gasteiger partial charge is 0.368 e. The second-order valence-electron chi connectivity index (χ2n) is 7.52. The first-order chi connectivity index (χ1) is 15.0. The molecule has 4 rings (SSSR count). The van der Waals surface area contributed by atoms with Crippen LogP contribution in [0.4, 0.5) is 5.82 Å². The third-order valence-electron chi connectivity index (χ3n) is 4.95. The van der Waals surface area contributed by atoms with Gasteiger partial charge in [-0.25, -0.2) is 4.98 Å². The van der Waals surface area contributed by atoms with Gasteiger partial charge in [-0.3, -0.25) is 4.79 Å². The van der Waals surface area contributed by atoms with Gasteiger partial charge in [-0.1, -0.05) is 47.6 Å². The number of halogens is 1. The molecule has 2 aromatic heterocycles. The van der Waals surface area contributed by atoms with Crippen LogP contribution >= 0.6 is 15.9 Å². The summed E-state index contributed by atoms with van der Waals surface area (Å²) in [4.78, 5) is 17.3. The lowest BCUT2D eigenvalue weighted by molar-refractivity contribution is 0.0955. The molecular weight excluding hydrogens is 454 g/mol. The monoisotopic (exact) mass is 477 g/mol. The van der Waals surface area contributed by atoms with Crippen LogP contribution in [0.25, 0.3) is 11.2 Å². The molecule has 1 aliphatic rings. The Labute approximate surface area is 189 Å². The molecule has 1 amide bonds. The van der Waals surface area contributed by atoms with Crippen LogP contribution in [0.15, 0.2) is 65.3 Å². The van der Waals surface area contributed by atoms with Crippen molar-refractivity contribution in [2.75, 3.05) is 18.4 Å². The maximum absolute atomic E-state index is 12.5. The predicted molar refractivity (Wildman–Crippen MR) is 128 cm³/mol. The van der Waals surface area contributed by atoms with Gasteiger partial charge in [-0.2, -0.15) is 9.61 Å². The zero-order chi connectivity index (χ0) is 21.8. The van der Waals surface area contributed by atoms with Crippen LogP contribution in [0.3, 0.4) is 0 Å². The molecule has 31 heavy (non-hydrogen) atoms.